The average molecular weight is 438 g/mol. The fourth-order valence-corrected chi connectivity index (χ4v) is 5.02. The van der Waals surface area contributed by atoms with Gasteiger partial charge in [-0.1, -0.05) is 11.3 Å². The van der Waals surface area contributed by atoms with Gasteiger partial charge in [-0.15, -0.1) is 11.8 Å². The Morgan fingerprint density at radius 1 is 1.24 bits per heavy atom. The Bertz CT molecular complexity index is 916. The lowest BCUT2D eigenvalue weighted by Crippen LogP contribution is -2.29. The van der Waals surface area contributed by atoms with Crippen molar-refractivity contribution >= 4 is 45.1 Å². The summed E-state index contributed by atoms with van der Waals surface area (Å²) in [6, 6.07) is 5.88. The predicted octanol–water partition coefficient (Wildman–Crippen LogP) is 2.53. The molecule has 1 saturated heterocycles. The molecule has 0 radical (unpaired) electrons. The quantitative estimate of drug-likeness (QED) is 0.603. The molecule has 0 saturated carbocycles. The molecular formula is C20H27N3O4S2. The van der Waals surface area contributed by atoms with Crippen LogP contribution in [0.3, 0.4) is 0 Å². The van der Waals surface area contributed by atoms with Crippen LogP contribution in [0.4, 0.5) is 0 Å². The normalized spacial score (nSPS) is 14.7. The lowest BCUT2D eigenvalue weighted by atomic mass is 10.3. The molecule has 0 N–H and O–H groups in total. The number of likely N-dealkylation sites (tertiary alicyclic amines) is 1. The molecule has 0 aliphatic carbocycles. The Morgan fingerprint density at radius 3 is 2.76 bits per heavy atom. The molecule has 0 unspecified atom stereocenters. The number of thioether (sulfide) groups is 1. The van der Waals surface area contributed by atoms with Crippen molar-refractivity contribution in [2.24, 2.45) is 4.99 Å². The zero-order valence-corrected chi connectivity index (χ0v) is 18.5. The summed E-state index contributed by atoms with van der Waals surface area (Å²) >= 11 is 2.79. The van der Waals surface area contributed by atoms with Crippen molar-refractivity contribution in [3.05, 3.63) is 23.0 Å². The number of rotatable bonds is 9. The van der Waals surface area contributed by atoms with E-state index in [1.54, 1.807) is 7.11 Å². The van der Waals surface area contributed by atoms with Gasteiger partial charge in [0.1, 0.15) is 5.75 Å². The molecule has 1 fully saturated rings. The van der Waals surface area contributed by atoms with Gasteiger partial charge in [0.05, 0.1) is 34.9 Å². The van der Waals surface area contributed by atoms with Crippen LogP contribution in [-0.2, 0) is 20.9 Å². The number of ether oxygens (including phenoxy) is 2. The molecule has 7 nitrogen and oxygen atoms in total. The zero-order chi connectivity index (χ0) is 20.6. The van der Waals surface area contributed by atoms with Gasteiger partial charge in [0.2, 0.25) is 5.91 Å². The Kier molecular flexibility index (Phi) is 8.14. The number of aromatic nitrogens is 1. The van der Waals surface area contributed by atoms with Gasteiger partial charge in [0, 0.05) is 26.7 Å². The first-order valence-corrected chi connectivity index (χ1v) is 11.8. The minimum absolute atomic E-state index is 0.112. The maximum Gasteiger partial charge on any atom is 0.258 e. The molecule has 1 aliphatic rings. The second kappa shape index (κ2) is 10.8. The highest BCUT2D eigenvalue weighted by Gasteiger charge is 2.18. The molecule has 3 rings (SSSR count). The van der Waals surface area contributed by atoms with Gasteiger partial charge >= 0.3 is 0 Å². The monoisotopic (exact) mass is 437 g/mol. The van der Waals surface area contributed by atoms with Crippen LogP contribution in [0.15, 0.2) is 23.2 Å². The van der Waals surface area contributed by atoms with E-state index in [1.807, 2.05) is 34.6 Å². The van der Waals surface area contributed by atoms with Crippen molar-refractivity contribution in [3.8, 4) is 5.75 Å². The number of hydrogen-bond donors (Lipinski definition) is 0. The van der Waals surface area contributed by atoms with Crippen LogP contribution in [0.25, 0.3) is 10.2 Å². The Labute approximate surface area is 178 Å². The number of fused-ring (bicyclic) bond motifs is 1. The molecule has 2 heterocycles. The molecule has 0 spiro atoms. The van der Waals surface area contributed by atoms with Gasteiger partial charge < -0.3 is 18.9 Å². The maximum atomic E-state index is 12.4. The molecule has 2 amide bonds. The number of carbonyl (C=O) groups excluding carboxylic acids is 2. The van der Waals surface area contributed by atoms with E-state index in [1.165, 1.54) is 23.1 Å². The fourth-order valence-electron chi connectivity index (χ4n) is 3.22. The van der Waals surface area contributed by atoms with Crippen molar-refractivity contribution in [1.29, 1.82) is 0 Å². The zero-order valence-electron chi connectivity index (χ0n) is 16.9. The van der Waals surface area contributed by atoms with E-state index in [-0.39, 0.29) is 17.6 Å². The van der Waals surface area contributed by atoms with E-state index in [0.717, 1.165) is 41.9 Å². The summed E-state index contributed by atoms with van der Waals surface area (Å²) in [5, 5.41) is 0. The van der Waals surface area contributed by atoms with E-state index in [2.05, 4.69) is 4.99 Å². The first-order chi connectivity index (χ1) is 14.1. The van der Waals surface area contributed by atoms with Crippen LogP contribution in [0, 0.1) is 0 Å². The van der Waals surface area contributed by atoms with E-state index in [0.29, 0.717) is 30.3 Å². The highest BCUT2D eigenvalue weighted by molar-refractivity contribution is 8.00. The smallest absolute Gasteiger partial charge is 0.258 e. The molecule has 1 aromatic carbocycles. The lowest BCUT2D eigenvalue weighted by Gasteiger charge is -2.14. The van der Waals surface area contributed by atoms with Gasteiger partial charge in [0.15, 0.2) is 4.80 Å². The second-order valence-electron chi connectivity index (χ2n) is 6.68. The summed E-state index contributed by atoms with van der Waals surface area (Å²) in [6.07, 6.45) is 2.15. The third-order valence-corrected chi connectivity index (χ3v) is 6.56. The van der Waals surface area contributed by atoms with Gasteiger partial charge in [0.25, 0.3) is 5.91 Å². The van der Waals surface area contributed by atoms with Crippen LogP contribution in [0.1, 0.15) is 19.8 Å². The highest BCUT2D eigenvalue weighted by Crippen LogP contribution is 2.23. The maximum absolute atomic E-state index is 12.4. The summed E-state index contributed by atoms with van der Waals surface area (Å²) in [4.78, 5) is 31.3. The molecule has 1 aromatic heterocycles. The summed E-state index contributed by atoms with van der Waals surface area (Å²) in [6.45, 7) is 5.36. The van der Waals surface area contributed by atoms with Gasteiger partial charge in [-0.05, 0) is 38.0 Å². The summed E-state index contributed by atoms with van der Waals surface area (Å²) in [7, 11) is 1.65. The number of methoxy groups -OCH3 is 1. The largest absolute Gasteiger partial charge is 0.494 e. The summed E-state index contributed by atoms with van der Waals surface area (Å²) in [5.74, 6) is 1.21. The third-order valence-electron chi connectivity index (χ3n) is 4.61. The van der Waals surface area contributed by atoms with Crippen molar-refractivity contribution in [1.82, 2.24) is 9.47 Å². The van der Waals surface area contributed by atoms with Crippen LogP contribution >= 0.6 is 23.1 Å². The summed E-state index contributed by atoms with van der Waals surface area (Å²) < 4.78 is 13.8. The molecule has 1 aliphatic heterocycles. The molecule has 29 heavy (non-hydrogen) atoms. The Balaban J connectivity index is 1.72. The van der Waals surface area contributed by atoms with Crippen LogP contribution < -0.4 is 9.54 Å². The Morgan fingerprint density at radius 2 is 2.03 bits per heavy atom. The Hall–Kier alpha value is -1.84. The van der Waals surface area contributed by atoms with E-state index in [4.69, 9.17) is 9.47 Å². The molecule has 158 valence electrons. The number of benzene rings is 1. The third kappa shape index (κ3) is 5.83. The van der Waals surface area contributed by atoms with Gasteiger partial charge in [-0.3, -0.25) is 9.59 Å². The van der Waals surface area contributed by atoms with E-state index < -0.39 is 0 Å². The molecular weight excluding hydrogens is 410 g/mol. The molecule has 2 aromatic rings. The van der Waals surface area contributed by atoms with Crippen molar-refractivity contribution in [2.75, 3.05) is 44.9 Å². The minimum Gasteiger partial charge on any atom is -0.494 e. The van der Waals surface area contributed by atoms with Crippen molar-refractivity contribution in [2.45, 2.75) is 26.3 Å². The van der Waals surface area contributed by atoms with E-state index in [9.17, 15) is 9.59 Å². The number of thiazole rings is 1. The first kappa shape index (κ1) is 21.9. The summed E-state index contributed by atoms with van der Waals surface area (Å²) in [5.41, 5.74) is 0.999. The van der Waals surface area contributed by atoms with Crippen LogP contribution in [0.5, 0.6) is 5.75 Å². The minimum atomic E-state index is -0.230. The van der Waals surface area contributed by atoms with Crippen molar-refractivity contribution < 1.29 is 19.1 Å². The molecule has 9 heteroatoms. The predicted molar refractivity (Wildman–Crippen MR) is 117 cm³/mol. The molecule has 0 bridgehead atoms. The highest BCUT2D eigenvalue weighted by atomic mass is 32.2. The fraction of sp³-hybridized carbons (Fsp3) is 0.550. The average Bonchev–Trinajstić information content (AvgIpc) is 3.34. The standard InChI is InChI=1S/C20H27N3O4S2/c1-3-27-15-6-7-16-17(12-15)29-20(23(16)10-11-26-2)21-18(24)13-28-14-19(25)22-8-4-5-9-22/h6-7,12H,3-5,8-11,13-14H2,1-2H3. The number of amides is 2. The lowest BCUT2D eigenvalue weighted by molar-refractivity contribution is -0.127. The topological polar surface area (TPSA) is 73.1 Å². The number of hydrogen-bond acceptors (Lipinski definition) is 6. The van der Waals surface area contributed by atoms with E-state index >= 15 is 0 Å². The SMILES string of the molecule is CCOc1ccc2c(c1)sc(=NC(=O)CSCC(=O)N1CCCC1)n2CCOC. The first-order valence-electron chi connectivity index (χ1n) is 9.80. The van der Waals surface area contributed by atoms with Crippen molar-refractivity contribution in [3.63, 3.8) is 0 Å². The van der Waals surface area contributed by atoms with Crippen LogP contribution in [-0.4, -0.2) is 66.2 Å². The van der Waals surface area contributed by atoms with Gasteiger partial charge in [-0.25, -0.2) is 0 Å². The second-order valence-corrected chi connectivity index (χ2v) is 8.67. The van der Waals surface area contributed by atoms with Gasteiger partial charge in [-0.2, -0.15) is 4.99 Å². The number of carbonyl (C=O) groups is 2. The number of nitrogens with zero attached hydrogens (tertiary/aromatic N) is 3. The molecule has 0 atom stereocenters. The van der Waals surface area contributed by atoms with Crippen LogP contribution in [0.2, 0.25) is 0 Å².